The second-order valence-corrected chi connectivity index (χ2v) is 18.6. The fraction of sp³-hybridized carbons (Fsp3) is 0.440. The minimum absolute atomic E-state index is 0.0236. The molecule has 2 amide bonds. The Bertz CT molecular complexity index is 2860. The number of rotatable bonds is 7. The van der Waals surface area contributed by atoms with E-state index in [1.165, 1.54) is 50.9 Å². The Balaban J connectivity index is 1.06. The highest BCUT2D eigenvalue weighted by atomic mass is 16.2. The second-order valence-electron chi connectivity index (χ2n) is 18.6. The molecule has 2 aliphatic heterocycles. The first kappa shape index (κ1) is 41.6. The maximum absolute atomic E-state index is 12.7. The summed E-state index contributed by atoms with van der Waals surface area (Å²) < 4.78 is 3.95. The summed E-state index contributed by atoms with van der Waals surface area (Å²) in [5.74, 6) is 3.70. The zero-order chi connectivity index (χ0) is 44.6. The number of hydrogen-bond acceptors (Lipinski definition) is 10. The lowest BCUT2D eigenvalue weighted by atomic mass is 9.72. The maximum atomic E-state index is 12.7. The summed E-state index contributed by atoms with van der Waals surface area (Å²) in [7, 11) is 4.03. The molecule has 4 aliphatic rings. The quantitative estimate of drug-likeness (QED) is 0.175. The van der Waals surface area contributed by atoms with Gasteiger partial charge in [-0.2, -0.15) is 10.2 Å². The van der Waals surface area contributed by atoms with Crippen LogP contribution in [0.4, 0.5) is 11.6 Å². The summed E-state index contributed by atoms with van der Waals surface area (Å²) in [5, 5.41) is 11.9. The molecule has 0 bridgehead atoms. The molecule has 0 unspecified atom stereocenters. The first-order valence-electron chi connectivity index (χ1n) is 22.9. The summed E-state index contributed by atoms with van der Waals surface area (Å²) >= 11 is 0. The summed E-state index contributed by atoms with van der Waals surface area (Å²) in [6.45, 7) is 22.0. The largest absolute Gasteiger partial charge is 0.353 e. The number of hydrogen-bond donors (Lipinski definition) is 0. The third-order valence-electron chi connectivity index (χ3n) is 15.0. The number of aromatic nitrogens is 8. The molecule has 0 radical (unpaired) electrons. The van der Waals surface area contributed by atoms with Crippen molar-refractivity contribution < 1.29 is 9.59 Å². The minimum atomic E-state index is -0.0314. The molecule has 6 heterocycles. The molecule has 4 aromatic heterocycles. The highest BCUT2D eigenvalue weighted by molar-refractivity contribution is 5.91. The molecule has 64 heavy (non-hydrogen) atoms. The number of piperazine rings is 2. The fourth-order valence-corrected chi connectivity index (χ4v) is 11.4. The van der Waals surface area contributed by atoms with E-state index in [1.807, 2.05) is 45.7 Å². The normalized spacial score (nSPS) is 21.3. The van der Waals surface area contributed by atoms with E-state index in [4.69, 9.17) is 25.0 Å². The van der Waals surface area contributed by atoms with Crippen LogP contribution in [0.5, 0.6) is 0 Å². The molecular weight excluding hydrogens is 801 g/mol. The van der Waals surface area contributed by atoms with Gasteiger partial charge in [-0.05, 0) is 110 Å². The molecular formula is C50H58N12O2. The van der Waals surface area contributed by atoms with Crippen molar-refractivity contribution in [2.24, 2.45) is 25.9 Å². The second kappa shape index (κ2) is 16.3. The van der Waals surface area contributed by atoms with E-state index < -0.39 is 0 Å². The third-order valence-corrected chi connectivity index (χ3v) is 15.0. The topological polar surface area (TPSA) is 134 Å². The van der Waals surface area contributed by atoms with Crippen LogP contribution in [-0.4, -0.2) is 113 Å². The van der Waals surface area contributed by atoms with Crippen molar-refractivity contribution in [1.82, 2.24) is 49.3 Å². The average molecular weight is 859 g/mol. The lowest BCUT2D eigenvalue weighted by Crippen LogP contribution is -2.49. The van der Waals surface area contributed by atoms with E-state index in [0.717, 1.165) is 89.6 Å². The van der Waals surface area contributed by atoms with Gasteiger partial charge in [-0.3, -0.25) is 19.0 Å². The van der Waals surface area contributed by atoms with E-state index >= 15 is 0 Å². The smallest absolute Gasteiger partial charge is 0.246 e. The molecule has 2 saturated heterocycles. The Kier molecular flexibility index (Phi) is 10.6. The van der Waals surface area contributed by atoms with Crippen LogP contribution in [0, 0.1) is 25.7 Å². The number of amides is 2. The van der Waals surface area contributed by atoms with Crippen LogP contribution in [0.2, 0.25) is 0 Å². The lowest BCUT2D eigenvalue weighted by molar-refractivity contribution is -0.127. The van der Waals surface area contributed by atoms with Crippen LogP contribution < -0.4 is 9.80 Å². The van der Waals surface area contributed by atoms with Crippen molar-refractivity contribution >= 4 is 45.3 Å². The first-order chi connectivity index (χ1) is 30.9. The van der Waals surface area contributed by atoms with Crippen LogP contribution >= 0.6 is 0 Å². The molecule has 0 saturated carbocycles. The summed E-state index contributed by atoms with van der Waals surface area (Å²) in [5.41, 5.74) is 12.9. The van der Waals surface area contributed by atoms with Gasteiger partial charge in [0.05, 0.1) is 29.1 Å². The average Bonchev–Trinajstić information content (AvgIpc) is 3.88. The molecule has 330 valence electrons. The Hall–Kier alpha value is -6.44. The fourth-order valence-electron chi connectivity index (χ4n) is 11.4. The molecule has 2 aromatic carbocycles. The monoisotopic (exact) mass is 858 g/mol. The van der Waals surface area contributed by atoms with Crippen LogP contribution in [0.25, 0.3) is 33.2 Å². The number of fused-ring (bicyclic) bond motifs is 4. The van der Waals surface area contributed by atoms with E-state index in [9.17, 15) is 9.59 Å². The molecule has 4 atom stereocenters. The van der Waals surface area contributed by atoms with Gasteiger partial charge in [-0.1, -0.05) is 33.1 Å². The zero-order valence-corrected chi connectivity index (χ0v) is 38.0. The van der Waals surface area contributed by atoms with Crippen molar-refractivity contribution in [2.75, 3.05) is 62.2 Å². The van der Waals surface area contributed by atoms with E-state index in [-0.39, 0.29) is 29.6 Å². The molecule has 6 aromatic rings. The number of nitrogens with zero attached hydrogens (tertiary/aromatic N) is 12. The molecule has 2 fully saturated rings. The number of benzene rings is 2. The van der Waals surface area contributed by atoms with Gasteiger partial charge in [0.25, 0.3) is 0 Å². The van der Waals surface area contributed by atoms with Crippen LogP contribution in [-0.2, 0) is 49.4 Å². The van der Waals surface area contributed by atoms with Gasteiger partial charge in [0, 0.05) is 99.6 Å². The standard InChI is InChI=1S/C50H58N12O2/c1-9-44(63)59-13-17-61(18-14-59)49-36-21-31(5)34(23-40(36)51-28-52-49)47-32(6)35(25-43-39(47)27-54-58(43)8)48-55-41-24-33(46-29(3)11-12-42-38(46)26-53-57(42)7)30(4)22-37(41)50(56-48)62-19-15-60(16-20-62)45(64)10-2/h9-12,25-28,30-31,33-34H,1-2,13-24H2,3-8H3/t30-,31+,33-,34+/m1/s1. The summed E-state index contributed by atoms with van der Waals surface area (Å²) in [4.78, 5) is 54.4. The number of aryl methyl sites for hydroxylation is 3. The van der Waals surface area contributed by atoms with Gasteiger partial charge >= 0.3 is 0 Å². The summed E-state index contributed by atoms with van der Waals surface area (Å²) in [6, 6.07) is 6.67. The number of carbonyl (C=O) groups excluding carboxylic acids is 2. The Labute approximate surface area is 374 Å². The van der Waals surface area contributed by atoms with E-state index in [1.54, 1.807) is 6.33 Å². The lowest BCUT2D eigenvalue weighted by Gasteiger charge is -2.39. The van der Waals surface area contributed by atoms with Crippen molar-refractivity contribution in [2.45, 2.75) is 65.2 Å². The van der Waals surface area contributed by atoms with Crippen molar-refractivity contribution in [3.8, 4) is 11.4 Å². The molecule has 14 nitrogen and oxygen atoms in total. The highest BCUT2D eigenvalue weighted by Gasteiger charge is 2.37. The van der Waals surface area contributed by atoms with Crippen molar-refractivity contribution in [1.29, 1.82) is 0 Å². The Morgan fingerprint density at radius 3 is 1.83 bits per heavy atom. The number of anilines is 2. The minimum Gasteiger partial charge on any atom is -0.353 e. The van der Waals surface area contributed by atoms with Gasteiger partial charge in [0.1, 0.15) is 18.0 Å². The van der Waals surface area contributed by atoms with Crippen LogP contribution in [0.3, 0.4) is 0 Å². The van der Waals surface area contributed by atoms with E-state index in [2.05, 4.69) is 74.0 Å². The number of carbonyl (C=O) groups is 2. The van der Waals surface area contributed by atoms with Gasteiger partial charge in [0.15, 0.2) is 5.82 Å². The Morgan fingerprint density at radius 1 is 0.656 bits per heavy atom. The predicted molar refractivity (Wildman–Crippen MR) is 251 cm³/mol. The van der Waals surface area contributed by atoms with Gasteiger partial charge in [-0.25, -0.2) is 19.9 Å². The van der Waals surface area contributed by atoms with Crippen LogP contribution in [0.1, 0.15) is 70.5 Å². The third kappa shape index (κ3) is 6.92. The van der Waals surface area contributed by atoms with Gasteiger partial charge in [0.2, 0.25) is 11.8 Å². The zero-order valence-electron chi connectivity index (χ0n) is 38.0. The predicted octanol–water partition coefficient (Wildman–Crippen LogP) is 6.03. The van der Waals surface area contributed by atoms with Crippen molar-refractivity contribution in [3.05, 3.63) is 107 Å². The molecule has 14 heteroatoms. The molecule has 10 rings (SSSR count). The molecule has 0 spiro atoms. The molecule has 2 aliphatic carbocycles. The first-order valence-corrected chi connectivity index (χ1v) is 22.9. The molecule has 0 N–H and O–H groups in total. The SMILES string of the molecule is C=CC(=O)N1CCN(c2ncnc3c2C[C@H](C)[C@@H](c2c(C)c(-c4nc5c(c(N6CCN(C(=O)C=C)CC6)n4)C[C@@H](C)[C@H](c4c(C)ccc6c4cnn6C)C5)cc4c2cnn4C)C3)CC1. The Morgan fingerprint density at radius 2 is 1.20 bits per heavy atom. The van der Waals surface area contributed by atoms with E-state index in [0.29, 0.717) is 45.2 Å². The van der Waals surface area contributed by atoms with Crippen molar-refractivity contribution in [3.63, 3.8) is 0 Å². The summed E-state index contributed by atoms with van der Waals surface area (Å²) in [6.07, 6.45) is 11.8. The van der Waals surface area contributed by atoms with Gasteiger partial charge in [-0.15, -0.1) is 0 Å². The maximum Gasteiger partial charge on any atom is 0.246 e. The highest BCUT2D eigenvalue weighted by Crippen LogP contribution is 2.47. The van der Waals surface area contributed by atoms with Crippen LogP contribution in [0.15, 0.2) is 62.2 Å². The van der Waals surface area contributed by atoms with Gasteiger partial charge < -0.3 is 19.6 Å².